The van der Waals surface area contributed by atoms with Crippen LogP contribution >= 0.6 is 0 Å². The molecule has 0 aliphatic heterocycles. The minimum atomic E-state index is -0.945. The first-order chi connectivity index (χ1) is 9.99. The Morgan fingerprint density at radius 3 is 1.95 bits per heavy atom. The van der Waals surface area contributed by atoms with Crippen molar-refractivity contribution in [3.8, 4) is 0 Å². The van der Waals surface area contributed by atoms with Crippen molar-refractivity contribution in [1.82, 2.24) is 0 Å². The zero-order valence-corrected chi connectivity index (χ0v) is 13.2. The van der Waals surface area contributed by atoms with Crippen molar-refractivity contribution >= 4 is 11.6 Å². The lowest BCUT2D eigenvalue weighted by atomic mass is 9.99. The van der Waals surface area contributed by atoms with Crippen LogP contribution in [0.3, 0.4) is 0 Å². The Hall–Kier alpha value is -1.52. The molecule has 0 unspecified atom stereocenters. The highest BCUT2D eigenvalue weighted by atomic mass is 16.7. The Balaban J connectivity index is 2.68. The van der Waals surface area contributed by atoms with Crippen molar-refractivity contribution in [3.05, 3.63) is 35.4 Å². The lowest BCUT2D eigenvalue weighted by Crippen LogP contribution is -2.29. The number of ketones is 2. The molecule has 0 saturated heterocycles. The molecule has 0 amide bonds. The van der Waals surface area contributed by atoms with Crippen LogP contribution in [0, 0.1) is 0 Å². The molecule has 0 bridgehead atoms. The standard InChI is InChI=1S/C17H24O4/c1-5-20-17(21-6-2)16(19)11-15(18)14-9-7-13(8-10-14)12(3)4/h7-10,12,17H,5-6,11H2,1-4H3. The third kappa shape index (κ3) is 5.40. The van der Waals surface area contributed by atoms with Gasteiger partial charge >= 0.3 is 0 Å². The molecule has 0 heterocycles. The Morgan fingerprint density at radius 1 is 1.00 bits per heavy atom. The molecule has 21 heavy (non-hydrogen) atoms. The van der Waals surface area contributed by atoms with Crippen molar-refractivity contribution in [3.63, 3.8) is 0 Å². The molecular formula is C17H24O4. The number of benzene rings is 1. The van der Waals surface area contributed by atoms with Crippen LogP contribution in [0.4, 0.5) is 0 Å². The molecule has 1 aromatic carbocycles. The van der Waals surface area contributed by atoms with Gasteiger partial charge in [0.2, 0.25) is 6.29 Å². The fraction of sp³-hybridized carbons (Fsp3) is 0.529. The first-order valence-electron chi connectivity index (χ1n) is 7.38. The molecule has 0 fully saturated rings. The Labute approximate surface area is 126 Å². The lowest BCUT2D eigenvalue weighted by Gasteiger charge is -2.15. The summed E-state index contributed by atoms with van der Waals surface area (Å²) < 4.78 is 10.4. The minimum Gasteiger partial charge on any atom is -0.346 e. The summed E-state index contributed by atoms with van der Waals surface area (Å²) in [5, 5.41) is 0. The van der Waals surface area contributed by atoms with Gasteiger partial charge in [-0.15, -0.1) is 0 Å². The molecule has 0 saturated carbocycles. The fourth-order valence-electron chi connectivity index (χ4n) is 1.93. The van der Waals surface area contributed by atoms with Gasteiger partial charge in [0.05, 0.1) is 6.42 Å². The number of hydrogen-bond donors (Lipinski definition) is 0. The van der Waals surface area contributed by atoms with E-state index in [1.165, 1.54) is 5.56 Å². The van der Waals surface area contributed by atoms with Gasteiger partial charge in [0, 0.05) is 18.8 Å². The van der Waals surface area contributed by atoms with Crippen molar-refractivity contribution in [2.24, 2.45) is 0 Å². The summed E-state index contributed by atoms with van der Waals surface area (Å²) in [5.41, 5.74) is 1.71. The van der Waals surface area contributed by atoms with Crippen molar-refractivity contribution in [1.29, 1.82) is 0 Å². The number of ether oxygens (including phenoxy) is 2. The summed E-state index contributed by atoms with van der Waals surface area (Å²) in [7, 11) is 0. The smallest absolute Gasteiger partial charge is 0.218 e. The molecule has 0 atom stereocenters. The van der Waals surface area contributed by atoms with Gasteiger partial charge in [-0.3, -0.25) is 9.59 Å². The molecule has 0 aliphatic carbocycles. The first kappa shape index (κ1) is 17.5. The molecule has 0 spiro atoms. The quantitative estimate of drug-likeness (QED) is 0.398. The summed E-state index contributed by atoms with van der Waals surface area (Å²) in [6.45, 7) is 8.49. The summed E-state index contributed by atoms with van der Waals surface area (Å²) in [6, 6.07) is 7.37. The number of carbonyl (C=O) groups excluding carboxylic acids is 2. The van der Waals surface area contributed by atoms with Gasteiger partial charge in [-0.1, -0.05) is 38.1 Å². The van der Waals surface area contributed by atoms with Crippen LogP contribution in [-0.2, 0) is 14.3 Å². The largest absolute Gasteiger partial charge is 0.346 e. The van der Waals surface area contributed by atoms with E-state index in [9.17, 15) is 9.59 Å². The van der Waals surface area contributed by atoms with E-state index in [4.69, 9.17) is 9.47 Å². The molecule has 4 heteroatoms. The number of rotatable bonds is 9. The normalized spacial score (nSPS) is 11.1. The van der Waals surface area contributed by atoms with Crippen LogP contribution in [0.15, 0.2) is 24.3 Å². The second-order valence-electron chi connectivity index (χ2n) is 5.09. The zero-order chi connectivity index (χ0) is 15.8. The van der Waals surface area contributed by atoms with E-state index in [-0.39, 0.29) is 18.0 Å². The Kier molecular flexibility index (Phi) is 7.26. The molecular weight excluding hydrogens is 268 g/mol. The predicted molar refractivity (Wildman–Crippen MR) is 81.5 cm³/mol. The summed E-state index contributed by atoms with van der Waals surface area (Å²) in [4.78, 5) is 24.1. The van der Waals surface area contributed by atoms with Crippen LogP contribution in [0.1, 0.15) is 56.0 Å². The third-order valence-electron chi connectivity index (χ3n) is 3.13. The van der Waals surface area contributed by atoms with Crippen molar-refractivity contribution in [2.45, 2.75) is 46.3 Å². The average Bonchev–Trinajstić information content (AvgIpc) is 2.47. The van der Waals surface area contributed by atoms with E-state index in [2.05, 4.69) is 13.8 Å². The van der Waals surface area contributed by atoms with Crippen molar-refractivity contribution < 1.29 is 19.1 Å². The summed E-state index contributed by atoms with van der Waals surface area (Å²) >= 11 is 0. The molecule has 4 nitrogen and oxygen atoms in total. The van der Waals surface area contributed by atoms with Gasteiger partial charge in [0.15, 0.2) is 11.6 Å². The summed E-state index contributed by atoms with van der Waals surface area (Å²) in [6.07, 6.45) is -1.15. The molecule has 0 radical (unpaired) electrons. The second-order valence-corrected chi connectivity index (χ2v) is 5.09. The van der Waals surface area contributed by atoms with E-state index in [0.717, 1.165) is 0 Å². The molecule has 1 rings (SSSR count). The average molecular weight is 292 g/mol. The predicted octanol–water partition coefficient (Wildman–Crippen LogP) is 3.35. The Bertz CT molecular complexity index is 456. The minimum absolute atomic E-state index is 0.203. The second kappa shape index (κ2) is 8.70. The first-order valence-corrected chi connectivity index (χ1v) is 7.38. The highest BCUT2D eigenvalue weighted by molar-refractivity contribution is 6.08. The molecule has 0 aromatic heterocycles. The number of hydrogen-bond acceptors (Lipinski definition) is 4. The fourth-order valence-corrected chi connectivity index (χ4v) is 1.93. The Morgan fingerprint density at radius 2 is 1.52 bits per heavy atom. The highest BCUT2D eigenvalue weighted by Crippen LogP contribution is 2.16. The van der Waals surface area contributed by atoms with Gasteiger partial charge in [0.25, 0.3) is 0 Å². The third-order valence-corrected chi connectivity index (χ3v) is 3.13. The molecule has 1 aromatic rings. The molecule has 0 aliphatic rings. The van der Waals surface area contributed by atoms with Crippen LogP contribution in [0.2, 0.25) is 0 Å². The maximum Gasteiger partial charge on any atom is 0.218 e. The van der Waals surface area contributed by atoms with Crippen LogP contribution < -0.4 is 0 Å². The van der Waals surface area contributed by atoms with E-state index in [1.807, 2.05) is 12.1 Å². The van der Waals surface area contributed by atoms with E-state index in [1.54, 1.807) is 26.0 Å². The molecule has 0 N–H and O–H groups in total. The van der Waals surface area contributed by atoms with Gasteiger partial charge in [-0.2, -0.15) is 0 Å². The van der Waals surface area contributed by atoms with Gasteiger partial charge in [-0.25, -0.2) is 0 Å². The highest BCUT2D eigenvalue weighted by Gasteiger charge is 2.22. The van der Waals surface area contributed by atoms with Crippen LogP contribution in [0.25, 0.3) is 0 Å². The van der Waals surface area contributed by atoms with Gasteiger partial charge in [-0.05, 0) is 25.3 Å². The SMILES string of the molecule is CCOC(OCC)C(=O)CC(=O)c1ccc(C(C)C)cc1. The van der Waals surface area contributed by atoms with E-state index >= 15 is 0 Å². The molecule has 116 valence electrons. The van der Waals surface area contributed by atoms with Crippen molar-refractivity contribution in [2.75, 3.05) is 13.2 Å². The maximum absolute atomic E-state index is 12.1. The number of carbonyl (C=O) groups is 2. The maximum atomic E-state index is 12.1. The van der Waals surface area contributed by atoms with Gasteiger partial charge in [0.1, 0.15) is 0 Å². The monoisotopic (exact) mass is 292 g/mol. The van der Waals surface area contributed by atoms with Crippen LogP contribution in [0.5, 0.6) is 0 Å². The van der Waals surface area contributed by atoms with E-state index < -0.39 is 6.29 Å². The topological polar surface area (TPSA) is 52.6 Å². The van der Waals surface area contributed by atoms with Gasteiger partial charge < -0.3 is 9.47 Å². The number of Topliss-reactive ketones (excluding diaryl/α,β-unsaturated/α-hetero) is 2. The zero-order valence-electron chi connectivity index (χ0n) is 13.2. The summed E-state index contributed by atoms with van der Waals surface area (Å²) in [5.74, 6) is -0.132. The lowest BCUT2D eigenvalue weighted by molar-refractivity contribution is -0.166. The van der Waals surface area contributed by atoms with Crippen LogP contribution in [-0.4, -0.2) is 31.1 Å². The van der Waals surface area contributed by atoms with E-state index in [0.29, 0.717) is 24.7 Å².